The summed E-state index contributed by atoms with van der Waals surface area (Å²) in [6, 6.07) is 6.23. The number of ether oxygens (including phenoxy) is 1. The molecule has 0 aliphatic heterocycles. The fraction of sp³-hybridized carbons (Fsp3) is 0.250. The molecular formula is C12H13NO4. The maximum absolute atomic E-state index is 11.2. The number of rotatable bonds is 3. The molecule has 2 rings (SSSR count). The number of esters is 1. The van der Waals surface area contributed by atoms with Gasteiger partial charge in [-0.3, -0.25) is 0 Å². The van der Waals surface area contributed by atoms with E-state index in [0.717, 1.165) is 5.76 Å². The molecule has 2 heterocycles. The molecule has 2 N–H and O–H groups in total. The summed E-state index contributed by atoms with van der Waals surface area (Å²) < 4.78 is 15.2. The molecular weight excluding hydrogens is 222 g/mol. The maximum atomic E-state index is 11.2. The highest BCUT2D eigenvalue weighted by atomic mass is 16.5. The third-order valence-electron chi connectivity index (χ3n) is 2.39. The van der Waals surface area contributed by atoms with Crippen LogP contribution in [0.5, 0.6) is 0 Å². The molecule has 0 bridgehead atoms. The quantitative estimate of drug-likeness (QED) is 0.823. The molecule has 17 heavy (non-hydrogen) atoms. The maximum Gasteiger partial charge on any atom is 0.373 e. The van der Waals surface area contributed by atoms with Gasteiger partial charge in [-0.2, -0.15) is 0 Å². The SMILES string of the molecule is COC(=O)c1ccc(C(N)c2ccc(C)o2)o1. The molecule has 0 aromatic carbocycles. The van der Waals surface area contributed by atoms with E-state index in [1.807, 2.05) is 13.0 Å². The van der Waals surface area contributed by atoms with E-state index in [2.05, 4.69) is 4.74 Å². The van der Waals surface area contributed by atoms with E-state index in [9.17, 15) is 4.79 Å². The minimum absolute atomic E-state index is 0.126. The van der Waals surface area contributed by atoms with Crippen molar-refractivity contribution in [3.63, 3.8) is 0 Å². The molecule has 0 amide bonds. The monoisotopic (exact) mass is 235 g/mol. The van der Waals surface area contributed by atoms with Gasteiger partial charge in [-0.05, 0) is 31.2 Å². The van der Waals surface area contributed by atoms with Crippen LogP contribution in [0.4, 0.5) is 0 Å². The van der Waals surface area contributed by atoms with Crippen molar-refractivity contribution in [1.29, 1.82) is 0 Å². The van der Waals surface area contributed by atoms with Crippen LogP contribution in [0.15, 0.2) is 33.1 Å². The molecule has 0 radical (unpaired) electrons. The van der Waals surface area contributed by atoms with Gasteiger partial charge in [0.25, 0.3) is 0 Å². The second kappa shape index (κ2) is 4.47. The van der Waals surface area contributed by atoms with E-state index < -0.39 is 12.0 Å². The Morgan fingerprint density at radius 2 is 1.88 bits per heavy atom. The molecule has 90 valence electrons. The van der Waals surface area contributed by atoms with Crippen LogP contribution in [-0.4, -0.2) is 13.1 Å². The van der Waals surface area contributed by atoms with Gasteiger partial charge >= 0.3 is 5.97 Å². The lowest BCUT2D eigenvalue weighted by Crippen LogP contribution is -2.10. The average molecular weight is 235 g/mol. The van der Waals surface area contributed by atoms with Gasteiger partial charge in [0.15, 0.2) is 0 Å². The predicted octanol–water partition coefficient (Wildman–Crippen LogP) is 2.02. The summed E-state index contributed by atoms with van der Waals surface area (Å²) >= 11 is 0. The Kier molecular flexibility index (Phi) is 3.01. The number of furan rings is 2. The van der Waals surface area contributed by atoms with Crippen LogP contribution in [0.3, 0.4) is 0 Å². The molecule has 0 saturated heterocycles. The summed E-state index contributed by atoms with van der Waals surface area (Å²) in [4.78, 5) is 11.2. The van der Waals surface area contributed by atoms with Crippen LogP contribution in [0.1, 0.15) is 33.9 Å². The lowest BCUT2D eigenvalue weighted by molar-refractivity contribution is 0.0562. The Morgan fingerprint density at radius 3 is 2.47 bits per heavy atom. The van der Waals surface area contributed by atoms with Crippen LogP contribution in [0.2, 0.25) is 0 Å². The molecule has 0 fully saturated rings. The number of carbonyl (C=O) groups is 1. The summed E-state index contributed by atoms with van der Waals surface area (Å²) in [6.45, 7) is 1.83. The van der Waals surface area contributed by atoms with Crippen molar-refractivity contribution in [2.24, 2.45) is 5.73 Å². The van der Waals surface area contributed by atoms with Gasteiger partial charge in [-0.25, -0.2) is 4.79 Å². The van der Waals surface area contributed by atoms with E-state index in [4.69, 9.17) is 14.6 Å². The first kappa shape index (κ1) is 11.5. The first-order chi connectivity index (χ1) is 8.11. The summed E-state index contributed by atoms with van der Waals surface area (Å²) in [5.41, 5.74) is 5.94. The van der Waals surface area contributed by atoms with Gasteiger partial charge in [0.1, 0.15) is 23.3 Å². The van der Waals surface area contributed by atoms with Gasteiger partial charge in [0.2, 0.25) is 5.76 Å². The zero-order chi connectivity index (χ0) is 12.4. The van der Waals surface area contributed by atoms with Crippen molar-refractivity contribution in [3.05, 3.63) is 47.3 Å². The summed E-state index contributed by atoms with van der Waals surface area (Å²) in [5.74, 6) is 1.42. The molecule has 0 aliphatic carbocycles. The Balaban J connectivity index is 2.23. The first-order valence-electron chi connectivity index (χ1n) is 5.12. The Bertz CT molecular complexity index is 526. The first-order valence-corrected chi connectivity index (χ1v) is 5.12. The minimum Gasteiger partial charge on any atom is -0.464 e. The van der Waals surface area contributed by atoms with Crippen LogP contribution >= 0.6 is 0 Å². The molecule has 0 spiro atoms. The molecule has 2 aromatic rings. The highest BCUT2D eigenvalue weighted by molar-refractivity contribution is 5.86. The molecule has 0 aliphatic rings. The van der Waals surface area contributed by atoms with E-state index in [0.29, 0.717) is 11.5 Å². The summed E-state index contributed by atoms with van der Waals surface area (Å²) in [5, 5.41) is 0. The zero-order valence-electron chi connectivity index (χ0n) is 9.60. The highest BCUT2D eigenvalue weighted by Crippen LogP contribution is 2.23. The largest absolute Gasteiger partial charge is 0.464 e. The standard InChI is InChI=1S/C12H13NO4/c1-7-3-4-8(16-7)11(13)9-5-6-10(17-9)12(14)15-2/h3-6,11H,13H2,1-2H3. The zero-order valence-corrected chi connectivity index (χ0v) is 9.60. The Labute approximate surface area is 98.2 Å². The molecule has 0 saturated carbocycles. The fourth-order valence-corrected chi connectivity index (χ4v) is 1.49. The Hall–Kier alpha value is -2.01. The van der Waals surface area contributed by atoms with Gasteiger partial charge < -0.3 is 19.3 Å². The van der Waals surface area contributed by atoms with Crippen molar-refractivity contribution in [3.8, 4) is 0 Å². The lowest BCUT2D eigenvalue weighted by atomic mass is 10.2. The van der Waals surface area contributed by atoms with Crippen LogP contribution < -0.4 is 5.73 Å². The third kappa shape index (κ3) is 2.24. The van der Waals surface area contributed by atoms with E-state index >= 15 is 0 Å². The van der Waals surface area contributed by atoms with Crippen LogP contribution in [0.25, 0.3) is 0 Å². The molecule has 2 aromatic heterocycles. The van der Waals surface area contributed by atoms with E-state index in [-0.39, 0.29) is 5.76 Å². The van der Waals surface area contributed by atoms with Gasteiger partial charge in [-0.1, -0.05) is 0 Å². The number of aryl methyl sites for hydroxylation is 1. The normalized spacial score (nSPS) is 12.4. The number of methoxy groups -OCH3 is 1. The van der Waals surface area contributed by atoms with E-state index in [1.54, 1.807) is 12.1 Å². The van der Waals surface area contributed by atoms with Crippen molar-refractivity contribution in [2.45, 2.75) is 13.0 Å². The summed E-state index contributed by atoms with van der Waals surface area (Å²) in [7, 11) is 1.29. The number of hydrogen-bond donors (Lipinski definition) is 1. The van der Waals surface area contributed by atoms with Gasteiger partial charge in [0, 0.05) is 0 Å². The van der Waals surface area contributed by atoms with Crippen LogP contribution in [-0.2, 0) is 4.74 Å². The van der Waals surface area contributed by atoms with Crippen molar-refractivity contribution in [2.75, 3.05) is 7.11 Å². The molecule has 1 unspecified atom stereocenters. The second-order valence-electron chi connectivity index (χ2n) is 3.62. The Morgan fingerprint density at radius 1 is 1.24 bits per heavy atom. The third-order valence-corrected chi connectivity index (χ3v) is 2.39. The lowest BCUT2D eigenvalue weighted by Gasteiger charge is -2.04. The number of carbonyl (C=O) groups excluding carboxylic acids is 1. The van der Waals surface area contributed by atoms with Gasteiger partial charge in [0.05, 0.1) is 7.11 Å². The molecule has 1 atom stereocenters. The number of hydrogen-bond acceptors (Lipinski definition) is 5. The topological polar surface area (TPSA) is 78.6 Å². The number of nitrogens with two attached hydrogens (primary N) is 1. The molecule has 5 heteroatoms. The second-order valence-corrected chi connectivity index (χ2v) is 3.62. The van der Waals surface area contributed by atoms with Crippen molar-refractivity contribution >= 4 is 5.97 Å². The average Bonchev–Trinajstić information content (AvgIpc) is 2.95. The van der Waals surface area contributed by atoms with Crippen LogP contribution in [0, 0.1) is 6.92 Å². The minimum atomic E-state index is -0.529. The van der Waals surface area contributed by atoms with Crippen molar-refractivity contribution < 1.29 is 18.4 Å². The predicted molar refractivity (Wildman–Crippen MR) is 59.5 cm³/mol. The summed E-state index contributed by atoms with van der Waals surface area (Å²) in [6.07, 6.45) is 0. The fourth-order valence-electron chi connectivity index (χ4n) is 1.49. The highest BCUT2D eigenvalue weighted by Gasteiger charge is 2.19. The van der Waals surface area contributed by atoms with Crippen molar-refractivity contribution in [1.82, 2.24) is 0 Å². The van der Waals surface area contributed by atoms with Gasteiger partial charge in [-0.15, -0.1) is 0 Å². The van der Waals surface area contributed by atoms with E-state index in [1.165, 1.54) is 13.2 Å². The smallest absolute Gasteiger partial charge is 0.373 e. The molecule has 5 nitrogen and oxygen atoms in total.